The first-order valence-corrected chi connectivity index (χ1v) is 8.89. The zero-order valence-corrected chi connectivity index (χ0v) is 13.6. The number of rotatable bonds is 5. The second-order valence-corrected chi connectivity index (χ2v) is 6.76. The van der Waals surface area contributed by atoms with Crippen LogP contribution in [0.5, 0.6) is 0 Å². The predicted octanol–water partition coefficient (Wildman–Crippen LogP) is 3.31. The normalized spacial score (nSPS) is 23.1. The van der Waals surface area contributed by atoms with Crippen molar-refractivity contribution in [1.82, 2.24) is 15.0 Å². The third-order valence-corrected chi connectivity index (χ3v) is 5.02. The summed E-state index contributed by atoms with van der Waals surface area (Å²) in [7, 11) is 0. The highest BCUT2D eigenvalue weighted by atomic mass is 16.5. The van der Waals surface area contributed by atoms with Gasteiger partial charge in [0, 0.05) is 25.4 Å². The third-order valence-electron chi connectivity index (χ3n) is 5.02. The molecule has 0 N–H and O–H groups in total. The monoisotopic (exact) mass is 305 g/mol. The number of piperidine rings is 1. The number of unbranched alkanes of at least 4 members (excludes halogenated alkanes) is 1. The van der Waals surface area contributed by atoms with Crippen molar-refractivity contribution in [3.05, 3.63) is 11.7 Å². The molecule has 2 fully saturated rings. The number of carbonyl (C=O) groups is 1. The predicted molar refractivity (Wildman–Crippen MR) is 83.4 cm³/mol. The minimum absolute atomic E-state index is 0.224. The molecular formula is C17H27N3O2. The van der Waals surface area contributed by atoms with E-state index in [0.29, 0.717) is 5.91 Å². The maximum atomic E-state index is 12.6. The molecule has 22 heavy (non-hydrogen) atoms. The molecule has 1 amide bonds. The Hall–Kier alpha value is -1.39. The first-order valence-electron chi connectivity index (χ1n) is 8.89. The minimum Gasteiger partial charge on any atom is -0.342 e. The zero-order chi connectivity index (χ0) is 15.4. The molecule has 1 aromatic heterocycles. The van der Waals surface area contributed by atoms with Crippen LogP contribution < -0.4 is 0 Å². The van der Waals surface area contributed by atoms with Crippen LogP contribution in [0.1, 0.15) is 75.9 Å². The third kappa shape index (κ3) is 3.50. The van der Waals surface area contributed by atoms with E-state index in [-0.39, 0.29) is 11.8 Å². The van der Waals surface area contributed by atoms with Crippen LogP contribution in [0.25, 0.3) is 0 Å². The highest BCUT2D eigenvalue weighted by molar-refractivity contribution is 5.79. The van der Waals surface area contributed by atoms with Crippen LogP contribution in [0.3, 0.4) is 0 Å². The van der Waals surface area contributed by atoms with Gasteiger partial charge in [-0.1, -0.05) is 31.3 Å². The number of likely N-dealkylation sites (tertiary alicyclic amines) is 1. The van der Waals surface area contributed by atoms with E-state index >= 15 is 0 Å². The molecule has 1 aliphatic carbocycles. The van der Waals surface area contributed by atoms with E-state index in [1.807, 2.05) is 4.90 Å². The number of carbonyl (C=O) groups excluding carboxylic acids is 1. The van der Waals surface area contributed by atoms with Crippen LogP contribution in [0.2, 0.25) is 0 Å². The highest BCUT2D eigenvalue weighted by Crippen LogP contribution is 2.31. The van der Waals surface area contributed by atoms with Gasteiger partial charge in [0.05, 0.1) is 5.92 Å². The molecule has 0 bridgehead atoms. The van der Waals surface area contributed by atoms with E-state index in [1.165, 1.54) is 12.8 Å². The van der Waals surface area contributed by atoms with Gasteiger partial charge in [-0.25, -0.2) is 0 Å². The Bertz CT molecular complexity index is 494. The van der Waals surface area contributed by atoms with Gasteiger partial charge in [0.25, 0.3) is 0 Å². The first-order chi connectivity index (χ1) is 10.8. The van der Waals surface area contributed by atoms with Gasteiger partial charge < -0.3 is 9.42 Å². The maximum absolute atomic E-state index is 12.6. The van der Waals surface area contributed by atoms with Crippen molar-refractivity contribution in [3.63, 3.8) is 0 Å². The van der Waals surface area contributed by atoms with E-state index in [2.05, 4.69) is 17.1 Å². The lowest BCUT2D eigenvalue weighted by molar-refractivity contribution is -0.136. The average Bonchev–Trinajstić information content (AvgIpc) is 3.24. The topological polar surface area (TPSA) is 59.2 Å². The van der Waals surface area contributed by atoms with Gasteiger partial charge in [0.2, 0.25) is 11.8 Å². The van der Waals surface area contributed by atoms with Crippen molar-refractivity contribution in [2.24, 2.45) is 5.92 Å². The largest absolute Gasteiger partial charge is 0.342 e. The van der Waals surface area contributed by atoms with Crippen LogP contribution in [-0.4, -0.2) is 34.0 Å². The summed E-state index contributed by atoms with van der Waals surface area (Å²) >= 11 is 0. The molecular weight excluding hydrogens is 278 g/mol. The fourth-order valence-electron chi connectivity index (χ4n) is 3.68. The van der Waals surface area contributed by atoms with E-state index in [4.69, 9.17) is 4.52 Å². The fraction of sp³-hybridized carbons (Fsp3) is 0.824. The summed E-state index contributed by atoms with van der Waals surface area (Å²) in [5, 5.41) is 4.09. The van der Waals surface area contributed by atoms with Crippen LogP contribution in [0.15, 0.2) is 4.52 Å². The lowest BCUT2D eigenvalue weighted by Gasteiger charge is -2.32. The second-order valence-electron chi connectivity index (χ2n) is 6.76. The Morgan fingerprint density at radius 3 is 2.86 bits per heavy atom. The Balaban J connectivity index is 1.60. The van der Waals surface area contributed by atoms with Gasteiger partial charge in [-0.2, -0.15) is 4.98 Å². The quantitative estimate of drug-likeness (QED) is 0.837. The SMILES string of the molecule is CCCCc1noc([C@H]2CCCN(C(=O)C3CCCC3)C2)n1. The minimum atomic E-state index is 0.224. The molecule has 0 unspecified atom stereocenters. The van der Waals surface area contributed by atoms with Crippen molar-refractivity contribution in [2.45, 2.75) is 70.6 Å². The van der Waals surface area contributed by atoms with E-state index < -0.39 is 0 Å². The summed E-state index contributed by atoms with van der Waals surface area (Å²) in [6, 6.07) is 0. The Morgan fingerprint density at radius 2 is 2.09 bits per heavy atom. The molecule has 0 spiro atoms. The molecule has 1 aromatic rings. The Kier molecular flexibility index (Phi) is 5.11. The molecule has 1 saturated heterocycles. The van der Waals surface area contributed by atoms with Crippen molar-refractivity contribution in [2.75, 3.05) is 13.1 Å². The van der Waals surface area contributed by atoms with Crippen molar-refractivity contribution >= 4 is 5.91 Å². The standard InChI is InChI=1S/C17H27N3O2/c1-2-3-10-15-18-16(22-19-15)14-9-6-11-20(12-14)17(21)13-7-4-5-8-13/h13-14H,2-12H2,1H3/t14-/m0/s1. The van der Waals surface area contributed by atoms with Gasteiger partial charge in [-0.15, -0.1) is 0 Å². The molecule has 0 aromatic carbocycles. The number of aromatic nitrogens is 2. The Morgan fingerprint density at radius 1 is 1.27 bits per heavy atom. The van der Waals surface area contributed by atoms with Gasteiger partial charge in [0.15, 0.2) is 5.82 Å². The molecule has 5 heteroatoms. The van der Waals surface area contributed by atoms with Crippen molar-refractivity contribution < 1.29 is 9.32 Å². The van der Waals surface area contributed by atoms with E-state index in [0.717, 1.165) is 69.8 Å². The van der Waals surface area contributed by atoms with E-state index in [9.17, 15) is 4.79 Å². The molecule has 0 radical (unpaired) electrons. The number of amides is 1. The second kappa shape index (κ2) is 7.25. The van der Waals surface area contributed by atoms with Gasteiger partial charge in [0.1, 0.15) is 0 Å². The zero-order valence-electron chi connectivity index (χ0n) is 13.6. The van der Waals surface area contributed by atoms with Gasteiger partial charge in [-0.3, -0.25) is 4.79 Å². The molecule has 1 saturated carbocycles. The maximum Gasteiger partial charge on any atom is 0.231 e. The summed E-state index contributed by atoms with van der Waals surface area (Å²) in [6.45, 7) is 3.81. The van der Waals surface area contributed by atoms with Crippen LogP contribution in [0.4, 0.5) is 0 Å². The number of nitrogens with zero attached hydrogens (tertiary/aromatic N) is 3. The van der Waals surface area contributed by atoms with Crippen LogP contribution in [-0.2, 0) is 11.2 Å². The summed E-state index contributed by atoms with van der Waals surface area (Å²) in [5.74, 6) is 2.39. The van der Waals surface area contributed by atoms with Crippen molar-refractivity contribution in [1.29, 1.82) is 0 Å². The van der Waals surface area contributed by atoms with E-state index in [1.54, 1.807) is 0 Å². The molecule has 3 rings (SSSR count). The lowest BCUT2D eigenvalue weighted by Crippen LogP contribution is -2.41. The Labute approximate surface area is 132 Å². The summed E-state index contributed by atoms with van der Waals surface area (Å²) in [4.78, 5) is 19.2. The summed E-state index contributed by atoms with van der Waals surface area (Å²) in [6.07, 6.45) is 9.75. The fourth-order valence-corrected chi connectivity index (χ4v) is 3.68. The average molecular weight is 305 g/mol. The van der Waals surface area contributed by atoms with Gasteiger partial charge >= 0.3 is 0 Å². The van der Waals surface area contributed by atoms with Crippen LogP contribution >= 0.6 is 0 Å². The molecule has 122 valence electrons. The molecule has 2 aliphatic rings. The molecule has 5 nitrogen and oxygen atoms in total. The first kappa shape index (κ1) is 15.5. The molecule has 1 atom stereocenters. The number of hydrogen-bond acceptors (Lipinski definition) is 4. The smallest absolute Gasteiger partial charge is 0.231 e. The summed E-state index contributed by atoms with van der Waals surface area (Å²) in [5.41, 5.74) is 0. The van der Waals surface area contributed by atoms with Crippen LogP contribution in [0, 0.1) is 5.92 Å². The van der Waals surface area contributed by atoms with Crippen molar-refractivity contribution in [3.8, 4) is 0 Å². The lowest BCUT2D eigenvalue weighted by atomic mass is 9.96. The number of aryl methyl sites for hydroxylation is 1. The number of hydrogen-bond donors (Lipinski definition) is 0. The molecule has 2 heterocycles. The summed E-state index contributed by atoms with van der Waals surface area (Å²) < 4.78 is 5.46. The molecule has 1 aliphatic heterocycles. The van der Waals surface area contributed by atoms with Gasteiger partial charge in [-0.05, 0) is 32.1 Å². The highest BCUT2D eigenvalue weighted by Gasteiger charge is 2.32.